The number of benzene rings is 1. The molecule has 0 aliphatic heterocycles. The van der Waals surface area contributed by atoms with Crippen molar-refractivity contribution in [2.75, 3.05) is 13.2 Å². The van der Waals surface area contributed by atoms with Crippen molar-refractivity contribution in [1.82, 2.24) is 5.32 Å². The molecular weight excluding hydrogens is 410 g/mol. The molecule has 8 nitrogen and oxygen atoms in total. The second kappa shape index (κ2) is 8.95. The van der Waals surface area contributed by atoms with E-state index in [1.807, 2.05) is 0 Å². The molecule has 2 aromatic rings. The number of hydrogen-bond acceptors (Lipinski definition) is 7. The molecule has 9 heteroatoms. The molecule has 0 atom stereocenters. The topological polar surface area (TPSA) is 112 Å². The molecule has 1 amide bonds. The van der Waals surface area contributed by atoms with Gasteiger partial charge in [0.25, 0.3) is 5.91 Å². The minimum atomic E-state index is -0.770. The van der Waals surface area contributed by atoms with Gasteiger partial charge in [-0.05, 0) is 52.3 Å². The largest absolute Gasteiger partial charge is 0.456 e. The van der Waals surface area contributed by atoms with Gasteiger partial charge in [-0.15, -0.1) is 0 Å². The van der Waals surface area contributed by atoms with Gasteiger partial charge in [-0.1, -0.05) is 0 Å². The number of carbonyl (C=O) groups excluding carboxylic acids is 4. The minimum absolute atomic E-state index is 0.0358. The van der Waals surface area contributed by atoms with Crippen LogP contribution in [0.3, 0.4) is 0 Å². The average Bonchev–Trinajstić information content (AvgIpc) is 3.04. The smallest absolute Gasteiger partial charge is 0.325 e. The van der Waals surface area contributed by atoms with Gasteiger partial charge in [-0.2, -0.15) is 0 Å². The van der Waals surface area contributed by atoms with Crippen molar-refractivity contribution < 1.29 is 33.1 Å². The Morgan fingerprint density at radius 3 is 2.35 bits per heavy atom. The van der Waals surface area contributed by atoms with Crippen LogP contribution in [0.1, 0.15) is 27.8 Å². The number of halogens is 1. The van der Waals surface area contributed by atoms with Crippen LogP contribution in [0.5, 0.6) is 5.75 Å². The Labute approximate surface area is 156 Å². The molecule has 0 aliphatic rings. The third kappa shape index (κ3) is 5.85. The van der Waals surface area contributed by atoms with Crippen LogP contribution < -0.4 is 10.1 Å². The van der Waals surface area contributed by atoms with Crippen molar-refractivity contribution in [2.45, 2.75) is 6.92 Å². The molecule has 1 aromatic heterocycles. The van der Waals surface area contributed by atoms with E-state index in [9.17, 15) is 19.2 Å². The van der Waals surface area contributed by atoms with E-state index in [4.69, 9.17) is 13.9 Å². The van der Waals surface area contributed by atoms with E-state index in [-0.39, 0.29) is 11.3 Å². The Hall–Kier alpha value is -2.94. The number of furan rings is 1. The summed E-state index contributed by atoms with van der Waals surface area (Å²) in [6, 6.07) is 8.79. The maximum absolute atomic E-state index is 12.0. The molecule has 136 valence electrons. The quantitative estimate of drug-likeness (QED) is 0.412. The number of nitrogens with one attached hydrogen (secondary N) is 1. The van der Waals surface area contributed by atoms with E-state index >= 15 is 0 Å². The number of carbonyl (C=O) groups is 4. The van der Waals surface area contributed by atoms with E-state index in [0.29, 0.717) is 10.4 Å². The highest BCUT2D eigenvalue weighted by molar-refractivity contribution is 9.10. The third-order valence-corrected chi connectivity index (χ3v) is 3.42. The second-order valence-electron chi connectivity index (χ2n) is 4.99. The van der Waals surface area contributed by atoms with Crippen molar-refractivity contribution in [2.24, 2.45) is 0 Å². The third-order valence-electron chi connectivity index (χ3n) is 2.99. The SMILES string of the molecule is CC(=O)Oc1ccc(C(=O)COC(=O)CNC(=O)c2ccc(Br)o2)cc1. The molecule has 1 N–H and O–H groups in total. The van der Waals surface area contributed by atoms with Crippen LogP contribution in [0.15, 0.2) is 45.5 Å². The standard InChI is InChI=1S/C17H14BrNO7/c1-10(20)25-12-4-2-11(3-5-12)13(21)9-24-16(22)8-19-17(23)14-6-7-15(18)26-14/h2-7H,8-9H2,1H3,(H,19,23). The first-order valence-corrected chi connectivity index (χ1v) is 8.15. The van der Waals surface area contributed by atoms with Gasteiger partial charge in [0, 0.05) is 12.5 Å². The zero-order valence-electron chi connectivity index (χ0n) is 13.6. The van der Waals surface area contributed by atoms with Gasteiger partial charge < -0.3 is 19.2 Å². The Balaban J connectivity index is 1.76. The molecule has 0 radical (unpaired) electrons. The summed E-state index contributed by atoms with van der Waals surface area (Å²) in [6.45, 7) is 0.381. The minimum Gasteiger partial charge on any atom is -0.456 e. The van der Waals surface area contributed by atoms with Gasteiger partial charge in [0.2, 0.25) is 0 Å². The average molecular weight is 424 g/mol. The van der Waals surface area contributed by atoms with Crippen LogP contribution in [-0.4, -0.2) is 36.8 Å². The summed E-state index contributed by atoms with van der Waals surface area (Å²) in [6.07, 6.45) is 0. The van der Waals surface area contributed by atoms with Gasteiger partial charge in [-0.25, -0.2) is 0 Å². The summed E-state index contributed by atoms with van der Waals surface area (Å²) in [4.78, 5) is 46.1. The lowest BCUT2D eigenvalue weighted by Crippen LogP contribution is -2.31. The lowest BCUT2D eigenvalue weighted by molar-refractivity contribution is -0.141. The Morgan fingerprint density at radius 2 is 1.77 bits per heavy atom. The Bertz CT molecular complexity index is 826. The first-order valence-electron chi connectivity index (χ1n) is 7.36. The molecule has 2 rings (SSSR count). The molecule has 0 saturated heterocycles. The number of rotatable bonds is 7. The van der Waals surface area contributed by atoms with Crippen molar-refractivity contribution in [3.05, 3.63) is 52.4 Å². The number of ketones is 1. The molecule has 0 spiro atoms. The van der Waals surface area contributed by atoms with Gasteiger partial charge in [0.1, 0.15) is 12.3 Å². The zero-order valence-corrected chi connectivity index (χ0v) is 15.2. The summed E-state index contributed by atoms with van der Waals surface area (Å²) in [7, 11) is 0. The van der Waals surface area contributed by atoms with E-state index < -0.39 is 36.8 Å². The number of ether oxygens (including phenoxy) is 2. The van der Waals surface area contributed by atoms with Crippen LogP contribution in [0.4, 0.5) is 0 Å². The number of esters is 2. The van der Waals surface area contributed by atoms with Crippen LogP contribution >= 0.6 is 15.9 Å². The molecule has 0 fully saturated rings. The molecule has 0 aliphatic carbocycles. The summed E-state index contributed by atoms with van der Waals surface area (Å²) in [5.74, 6) is -1.92. The highest BCUT2D eigenvalue weighted by atomic mass is 79.9. The second-order valence-corrected chi connectivity index (χ2v) is 5.77. The predicted octanol–water partition coefficient (Wildman–Crippen LogP) is 2.12. The lowest BCUT2D eigenvalue weighted by atomic mass is 10.1. The van der Waals surface area contributed by atoms with Crippen molar-refractivity contribution in [3.8, 4) is 5.75 Å². The Morgan fingerprint density at radius 1 is 1.08 bits per heavy atom. The summed E-state index contributed by atoms with van der Waals surface area (Å²) >= 11 is 3.06. The highest BCUT2D eigenvalue weighted by Crippen LogP contribution is 2.14. The zero-order chi connectivity index (χ0) is 19.1. The van der Waals surface area contributed by atoms with Crippen molar-refractivity contribution in [3.63, 3.8) is 0 Å². The molecule has 0 unspecified atom stereocenters. The number of amides is 1. The lowest BCUT2D eigenvalue weighted by Gasteiger charge is -2.06. The predicted molar refractivity (Wildman–Crippen MR) is 91.8 cm³/mol. The molecular formula is C17H14BrNO7. The molecule has 0 saturated carbocycles. The fraction of sp³-hybridized carbons (Fsp3) is 0.176. The first-order chi connectivity index (χ1) is 12.3. The van der Waals surface area contributed by atoms with Crippen LogP contribution in [0, 0.1) is 0 Å². The summed E-state index contributed by atoms with van der Waals surface area (Å²) in [5, 5.41) is 2.31. The molecule has 26 heavy (non-hydrogen) atoms. The number of hydrogen-bond donors (Lipinski definition) is 1. The number of Topliss-reactive ketones (excluding diaryl/α,β-unsaturated/α-hetero) is 1. The van der Waals surface area contributed by atoms with Gasteiger partial charge in [0.15, 0.2) is 22.8 Å². The highest BCUT2D eigenvalue weighted by Gasteiger charge is 2.14. The van der Waals surface area contributed by atoms with E-state index in [1.165, 1.54) is 37.3 Å². The molecule has 1 heterocycles. The van der Waals surface area contributed by atoms with E-state index in [0.717, 1.165) is 0 Å². The van der Waals surface area contributed by atoms with Gasteiger partial charge in [-0.3, -0.25) is 19.2 Å². The van der Waals surface area contributed by atoms with Crippen LogP contribution in [-0.2, 0) is 14.3 Å². The van der Waals surface area contributed by atoms with Crippen molar-refractivity contribution >= 4 is 39.6 Å². The summed E-state index contributed by atoms with van der Waals surface area (Å²) in [5.41, 5.74) is 0.290. The normalized spacial score (nSPS) is 10.1. The van der Waals surface area contributed by atoms with Crippen LogP contribution in [0.2, 0.25) is 0 Å². The first kappa shape index (κ1) is 19.4. The van der Waals surface area contributed by atoms with Gasteiger partial charge in [0.05, 0.1) is 0 Å². The maximum atomic E-state index is 12.0. The fourth-order valence-corrected chi connectivity index (χ4v) is 2.14. The summed E-state index contributed by atoms with van der Waals surface area (Å²) < 4.78 is 15.1. The van der Waals surface area contributed by atoms with Crippen molar-refractivity contribution in [1.29, 1.82) is 0 Å². The fourth-order valence-electron chi connectivity index (χ4n) is 1.83. The Kier molecular flexibility index (Phi) is 6.67. The van der Waals surface area contributed by atoms with Gasteiger partial charge >= 0.3 is 11.9 Å². The molecule has 0 bridgehead atoms. The maximum Gasteiger partial charge on any atom is 0.325 e. The monoisotopic (exact) mass is 423 g/mol. The van der Waals surface area contributed by atoms with E-state index in [2.05, 4.69) is 21.2 Å². The molecule has 1 aromatic carbocycles. The van der Waals surface area contributed by atoms with E-state index in [1.54, 1.807) is 6.07 Å². The van der Waals surface area contributed by atoms with Crippen LogP contribution in [0.25, 0.3) is 0 Å².